The zero-order valence-electron chi connectivity index (χ0n) is 15.4. The fourth-order valence-electron chi connectivity index (χ4n) is 2.67. The molecule has 144 valence electrons. The Hall–Kier alpha value is -2.93. The lowest BCUT2D eigenvalue weighted by atomic mass is 10.2. The highest BCUT2D eigenvalue weighted by atomic mass is 32.2. The van der Waals surface area contributed by atoms with Crippen LogP contribution < -0.4 is 10.9 Å². The number of carbonyl (C=O) groups is 1. The lowest BCUT2D eigenvalue weighted by molar-refractivity contribution is -0.120. The van der Waals surface area contributed by atoms with Crippen LogP contribution >= 0.6 is 11.8 Å². The summed E-state index contributed by atoms with van der Waals surface area (Å²) >= 11 is 1.22. The number of allylic oxidation sites excluding steroid dienone is 1. The van der Waals surface area contributed by atoms with Crippen LogP contribution in [0.25, 0.3) is 10.9 Å². The van der Waals surface area contributed by atoms with Gasteiger partial charge in [-0.1, -0.05) is 42.1 Å². The number of halogens is 1. The minimum Gasteiger partial charge on any atom is -0.351 e. The number of rotatable bonds is 7. The minimum absolute atomic E-state index is 0.160. The molecule has 1 heterocycles. The van der Waals surface area contributed by atoms with Crippen molar-refractivity contribution >= 4 is 28.6 Å². The monoisotopic (exact) mass is 397 g/mol. The molecule has 2 aromatic carbocycles. The number of benzene rings is 2. The minimum atomic E-state index is -0.468. The van der Waals surface area contributed by atoms with Crippen LogP contribution in [-0.4, -0.2) is 20.7 Å². The van der Waals surface area contributed by atoms with E-state index in [4.69, 9.17) is 0 Å². The molecular formula is C21H20FN3O2S. The average Bonchev–Trinajstić information content (AvgIpc) is 2.70. The van der Waals surface area contributed by atoms with Crippen molar-refractivity contribution in [2.75, 3.05) is 0 Å². The normalized spacial score (nSPS) is 11.9. The van der Waals surface area contributed by atoms with Gasteiger partial charge in [-0.25, -0.2) is 9.37 Å². The van der Waals surface area contributed by atoms with Gasteiger partial charge >= 0.3 is 0 Å². The van der Waals surface area contributed by atoms with Gasteiger partial charge < -0.3 is 5.32 Å². The van der Waals surface area contributed by atoms with Gasteiger partial charge in [0.25, 0.3) is 5.56 Å². The molecule has 3 aromatic rings. The van der Waals surface area contributed by atoms with Gasteiger partial charge in [0, 0.05) is 13.1 Å². The molecule has 28 heavy (non-hydrogen) atoms. The van der Waals surface area contributed by atoms with E-state index >= 15 is 0 Å². The average molecular weight is 397 g/mol. The maximum absolute atomic E-state index is 13.0. The van der Waals surface area contributed by atoms with Gasteiger partial charge in [-0.05, 0) is 36.8 Å². The first-order valence-electron chi connectivity index (χ1n) is 8.79. The van der Waals surface area contributed by atoms with Crippen LogP contribution in [0.4, 0.5) is 4.39 Å². The molecule has 0 aliphatic heterocycles. The van der Waals surface area contributed by atoms with Gasteiger partial charge in [-0.3, -0.25) is 14.2 Å². The summed E-state index contributed by atoms with van der Waals surface area (Å²) in [5, 5.41) is 3.35. The number of hydrogen-bond donors (Lipinski definition) is 1. The highest BCUT2D eigenvalue weighted by Gasteiger charge is 2.19. The Kier molecular flexibility index (Phi) is 6.26. The third-order valence-electron chi connectivity index (χ3n) is 4.17. The molecule has 1 N–H and O–H groups in total. The summed E-state index contributed by atoms with van der Waals surface area (Å²) in [6.07, 6.45) is 1.63. The predicted octanol–water partition coefficient (Wildman–Crippen LogP) is 3.52. The first-order chi connectivity index (χ1) is 13.5. The number of hydrogen-bond acceptors (Lipinski definition) is 4. The molecule has 1 amide bonds. The van der Waals surface area contributed by atoms with E-state index in [9.17, 15) is 14.0 Å². The Labute approximate surface area is 166 Å². The summed E-state index contributed by atoms with van der Waals surface area (Å²) < 4.78 is 14.5. The van der Waals surface area contributed by atoms with Gasteiger partial charge in [0.15, 0.2) is 5.16 Å². The standard InChI is InChI=1S/C21H20FN3O2S/c1-3-12-25-20(27)17-6-4-5-7-18(17)24-21(25)28-14(2)19(26)23-13-15-8-10-16(22)11-9-15/h3-11,14H,1,12-13H2,2H3,(H,23,26)/t14-/m1/s1. The Morgan fingerprint density at radius 3 is 2.71 bits per heavy atom. The molecule has 1 aromatic heterocycles. The van der Waals surface area contributed by atoms with Crippen molar-refractivity contribution in [3.05, 3.63) is 82.9 Å². The van der Waals surface area contributed by atoms with Crippen LogP contribution in [0.15, 0.2) is 71.1 Å². The zero-order valence-corrected chi connectivity index (χ0v) is 16.2. The fraction of sp³-hybridized carbons (Fsp3) is 0.190. The molecule has 0 aliphatic rings. The van der Waals surface area contributed by atoms with E-state index in [1.165, 1.54) is 28.5 Å². The zero-order chi connectivity index (χ0) is 20.1. The summed E-state index contributed by atoms with van der Waals surface area (Å²) in [5.41, 5.74) is 1.24. The number of nitrogens with zero attached hydrogens (tertiary/aromatic N) is 2. The molecule has 0 spiro atoms. The lowest BCUT2D eigenvalue weighted by Crippen LogP contribution is -2.31. The number of thioether (sulfide) groups is 1. The Morgan fingerprint density at radius 2 is 2.00 bits per heavy atom. The van der Waals surface area contributed by atoms with E-state index in [2.05, 4.69) is 16.9 Å². The number of carbonyl (C=O) groups excluding carboxylic acids is 1. The summed E-state index contributed by atoms with van der Waals surface area (Å²) in [6.45, 7) is 6.06. The maximum Gasteiger partial charge on any atom is 0.262 e. The number of fused-ring (bicyclic) bond motifs is 1. The third-order valence-corrected chi connectivity index (χ3v) is 5.26. The number of amides is 1. The number of para-hydroxylation sites is 1. The van der Waals surface area contributed by atoms with Crippen molar-refractivity contribution in [2.45, 2.75) is 30.4 Å². The fourth-order valence-corrected chi connectivity index (χ4v) is 3.62. The number of aromatic nitrogens is 2. The predicted molar refractivity (Wildman–Crippen MR) is 110 cm³/mol. The smallest absolute Gasteiger partial charge is 0.262 e. The van der Waals surface area contributed by atoms with E-state index in [-0.39, 0.29) is 17.3 Å². The van der Waals surface area contributed by atoms with Crippen molar-refractivity contribution in [2.24, 2.45) is 0 Å². The molecule has 1 atom stereocenters. The number of nitrogens with one attached hydrogen (secondary N) is 1. The first kappa shape index (κ1) is 19.8. The molecular weight excluding hydrogens is 377 g/mol. The second-order valence-electron chi connectivity index (χ2n) is 6.22. The topological polar surface area (TPSA) is 64.0 Å². The lowest BCUT2D eigenvalue weighted by Gasteiger charge is -2.15. The van der Waals surface area contributed by atoms with Crippen LogP contribution in [0, 0.1) is 5.82 Å². The largest absolute Gasteiger partial charge is 0.351 e. The van der Waals surface area contributed by atoms with Crippen molar-refractivity contribution in [1.29, 1.82) is 0 Å². The second kappa shape index (κ2) is 8.84. The van der Waals surface area contributed by atoms with Crippen molar-refractivity contribution in [1.82, 2.24) is 14.9 Å². The van der Waals surface area contributed by atoms with Gasteiger partial charge in [0.05, 0.1) is 16.2 Å². The summed E-state index contributed by atoms with van der Waals surface area (Å²) in [6, 6.07) is 13.1. The van der Waals surface area contributed by atoms with Crippen LogP contribution in [0.1, 0.15) is 12.5 Å². The van der Waals surface area contributed by atoms with E-state index in [1.54, 1.807) is 43.3 Å². The molecule has 5 nitrogen and oxygen atoms in total. The van der Waals surface area contributed by atoms with Gasteiger partial charge in [-0.2, -0.15) is 0 Å². The molecule has 0 unspecified atom stereocenters. The third kappa shape index (κ3) is 4.48. The van der Waals surface area contributed by atoms with Gasteiger partial charge in [0.1, 0.15) is 5.82 Å². The molecule has 0 aliphatic carbocycles. The molecule has 0 saturated carbocycles. The van der Waals surface area contributed by atoms with E-state index < -0.39 is 5.25 Å². The molecule has 0 bridgehead atoms. The van der Waals surface area contributed by atoms with E-state index in [0.29, 0.717) is 29.1 Å². The molecule has 0 radical (unpaired) electrons. The van der Waals surface area contributed by atoms with Crippen molar-refractivity contribution in [3.8, 4) is 0 Å². The Balaban J connectivity index is 1.77. The van der Waals surface area contributed by atoms with Gasteiger partial charge in [0.2, 0.25) is 5.91 Å². The van der Waals surface area contributed by atoms with Crippen molar-refractivity contribution in [3.63, 3.8) is 0 Å². The van der Waals surface area contributed by atoms with Crippen LogP contribution in [0.2, 0.25) is 0 Å². The highest BCUT2D eigenvalue weighted by Crippen LogP contribution is 2.22. The van der Waals surface area contributed by atoms with Crippen LogP contribution in [0.5, 0.6) is 0 Å². The van der Waals surface area contributed by atoms with Gasteiger partial charge in [-0.15, -0.1) is 6.58 Å². The quantitative estimate of drug-likeness (QED) is 0.376. The maximum atomic E-state index is 13.0. The van der Waals surface area contributed by atoms with Crippen LogP contribution in [-0.2, 0) is 17.9 Å². The van der Waals surface area contributed by atoms with E-state index in [1.807, 2.05) is 6.07 Å². The SMILES string of the molecule is C=CCn1c(S[C@H](C)C(=O)NCc2ccc(F)cc2)nc2ccccc2c1=O. The molecule has 0 fully saturated rings. The molecule has 3 rings (SSSR count). The first-order valence-corrected chi connectivity index (χ1v) is 9.67. The van der Waals surface area contributed by atoms with Crippen LogP contribution in [0.3, 0.4) is 0 Å². The van der Waals surface area contributed by atoms with Crippen molar-refractivity contribution < 1.29 is 9.18 Å². The molecule has 7 heteroatoms. The summed E-state index contributed by atoms with van der Waals surface area (Å²) in [4.78, 5) is 29.8. The molecule has 0 saturated heterocycles. The Bertz CT molecular complexity index is 1060. The Morgan fingerprint density at radius 1 is 1.29 bits per heavy atom. The summed E-state index contributed by atoms with van der Waals surface area (Å²) in [5.74, 6) is -0.511. The summed E-state index contributed by atoms with van der Waals surface area (Å²) in [7, 11) is 0. The second-order valence-corrected chi connectivity index (χ2v) is 7.53. The highest BCUT2D eigenvalue weighted by molar-refractivity contribution is 8.00. The van der Waals surface area contributed by atoms with E-state index in [0.717, 1.165) is 5.56 Å².